The second-order valence-electron chi connectivity index (χ2n) is 3.53. The topological polar surface area (TPSA) is 29.1 Å². The maximum absolute atomic E-state index is 11.9. The zero-order valence-electron chi connectivity index (χ0n) is 9.07. The lowest BCUT2D eigenvalue weighted by atomic mass is 10.1. The highest BCUT2D eigenvalue weighted by molar-refractivity contribution is 9.10. The molecule has 1 rings (SSSR count). The summed E-state index contributed by atoms with van der Waals surface area (Å²) < 4.78 is 36.6. The number of rotatable bonds is 3. The Morgan fingerprint density at radius 2 is 2.06 bits per heavy atom. The van der Waals surface area contributed by atoms with Crippen LogP contribution in [0.15, 0.2) is 22.7 Å². The molecule has 0 fully saturated rings. The molecule has 1 N–H and O–H groups in total. The molecule has 94 valence electrons. The number of carbonyl (C=O) groups excluding carboxylic acids is 1. The Morgan fingerprint density at radius 3 is 2.65 bits per heavy atom. The van der Waals surface area contributed by atoms with Crippen LogP contribution in [0.3, 0.4) is 0 Å². The molecule has 0 saturated heterocycles. The molecule has 6 heteroatoms. The summed E-state index contributed by atoms with van der Waals surface area (Å²) in [6.07, 6.45) is -4.45. The fourth-order valence-electron chi connectivity index (χ4n) is 1.33. The van der Waals surface area contributed by atoms with Crippen LogP contribution in [0.25, 0.3) is 0 Å². The third-order valence-electron chi connectivity index (χ3n) is 2.32. The Hall–Kier alpha value is -1.04. The minimum absolute atomic E-state index is 0.0321. The summed E-state index contributed by atoms with van der Waals surface area (Å²) in [6.45, 7) is 1.83. The van der Waals surface area contributed by atoms with Crippen LogP contribution in [0.1, 0.15) is 11.1 Å². The molecule has 0 aliphatic carbocycles. The zero-order chi connectivity index (χ0) is 13.1. The van der Waals surface area contributed by atoms with Crippen LogP contribution in [0.4, 0.5) is 13.2 Å². The van der Waals surface area contributed by atoms with E-state index in [2.05, 4.69) is 15.9 Å². The van der Waals surface area contributed by atoms with Gasteiger partial charge < -0.3 is 5.32 Å². The van der Waals surface area contributed by atoms with Crippen molar-refractivity contribution < 1.29 is 18.0 Å². The maximum atomic E-state index is 11.9. The van der Waals surface area contributed by atoms with Crippen molar-refractivity contribution in [2.24, 2.45) is 0 Å². The van der Waals surface area contributed by atoms with Gasteiger partial charge in [-0.2, -0.15) is 13.2 Å². The Labute approximate surface area is 105 Å². The largest absolute Gasteiger partial charge is 0.471 e. The van der Waals surface area contributed by atoms with Crippen LogP contribution in [0, 0.1) is 6.92 Å². The van der Waals surface area contributed by atoms with Gasteiger partial charge >= 0.3 is 12.1 Å². The van der Waals surface area contributed by atoms with Gasteiger partial charge in [-0.05, 0) is 30.5 Å². The monoisotopic (exact) mass is 309 g/mol. The van der Waals surface area contributed by atoms with E-state index in [0.29, 0.717) is 6.42 Å². The van der Waals surface area contributed by atoms with Crippen molar-refractivity contribution in [1.29, 1.82) is 0 Å². The Bertz CT molecular complexity index is 418. The molecule has 2 nitrogen and oxygen atoms in total. The van der Waals surface area contributed by atoms with E-state index in [4.69, 9.17) is 0 Å². The number of nitrogens with one attached hydrogen (secondary N) is 1. The average Bonchev–Trinajstić information content (AvgIpc) is 2.22. The molecule has 0 heterocycles. The maximum Gasteiger partial charge on any atom is 0.471 e. The van der Waals surface area contributed by atoms with E-state index in [0.717, 1.165) is 15.6 Å². The van der Waals surface area contributed by atoms with Crippen LogP contribution in [-0.2, 0) is 11.2 Å². The van der Waals surface area contributed by atoms with Crippen LogP contribution in [0.2, 0.25) is 0 Å². The molecule has 0 unspecified atom stereocenters. The summed E-state index contributed by atoms with van der Waals surface area (Å²) in [6, 6.07) is 5.48. The number of halogens is 4. The molecule has 0 saturated carbocycles. The zero-order valence-corrected chi connectivity index (χ0v) is 10.7. The highest BCUT2D eigenvalue weighted by Crippen LogP contribution is 2.19. The summed E-state index contributed by atoms with van der Waals surface area (Å²) in [7, 11) is 0. The van der Waals surface area contributed by atoms with Crippen molar-refractivity contribution in [1.82, 2.24) is 5.32 Å². The lowest BCUT2D eigenvalue weighted by Gasteiger charge is -2.10. The molecule has 1 aromatic rings. The van der Waals surface area contributed by atoms with E-state index in [1.807, 2.05) is 24.4 Å². The molecule has 0 aliphatic heterocycles. The van der Waals surface area contributed by atoms with Gasteiger partial charge in [0.25, 0.3) is 0 Å². The second-order valence-corrected chi connectivity index (χ2v) is 4.38. The molecule has 0 aliphatic rings. The molecular weight excluding hydrogens is 299 g/mol. The first-order valence-electron chi connectivity index (χ1n) is 4.91. The van der Waals surface area contributed by atoms with E-state index in [1.165, 1.54) is 0 Å². The van der Waals surface area contributed by atoms with Gasteiger partial charge in [0.1, 0.15) is 0 Å². The molecule has 0 atom stereocenters. The Kier molecular flexibility index (Phi) is 4.56. The van der Waals surface area contributed by atoms with Gasteiger partial charge in [-0.3, -0.25) is 4.79 Å². The molecule has 0 bridgehead atoms. The van der Waals surface area contributed by atoms with E-state index in [-0.39, 0.29) is 6.54 Å². The normalized spacial score (nSPS) is 11.4. The summed E-state index contributed by atoms with van der Waals surface area (Å²) in [5, 5.41) is 1.84. The van der Waals surface area contributed by atoms with E-state index in [1.54, 1.807) is 6.07 Å². The van der Waals surface area contributed by atoms with Gasteiger partial charge in [-0.25, -0.2) is 0 Å². The van der Waals surface area contributed by atoms with Crippen molar-refractivity contribution in [2.45, 2.75) is 19.5 Å². The average molecular weight is 310 g/mol. The van der Waals surface area contributed by atoms with Crippen molar-refractivity contribution in [3.63, 3.8) is 0 Å². The van der Waals surface area contributed by atoms with Gasteiger partial charge in [0.15, 0.2) is 0 Å². The van der Waals surface area contributed by atoms with Gasteiger partial charge in [-0.1, -0.05) is 28.1 Å². The quantitative estimate of drug-likeness (QED) is 0.914. The van der Waals surface area contributed by atoms with Crippen LogP contribution in [-0.4, -0.2) is 18.6 Å². The van der Waals surface area contributed by atoms with Crippen LogP contribution < -0.4 is 5.32 Å². The van der Waals surface area contributed by atoms with Gasteiger partial charge in [0.05, 0.1) is 0 Å². The lowest BCUT2D eigenvalue weighted by molar-refractivity contribution is -0.173. The summed E-state index contributed by atoms with van der Waals surface area (Å²) in [4.78, 5) is 10.6. The Morgan fingerprint density at radius 1 is 1.41 bits per heavy atom. The number of benzene rings is 1. The molecule has 0 aromatic heterocycles. The first-order chi connectivity index (χ1) is 7.82. The van der Waals surface area contributed by atoms with Crippen molar-refractivity contribution in [2.75, 3.05) is 6.54 Å². The van der Waals surface area contributed by atoms with E-state index >= 15 is 0 Å². The van der Waals surface area contributed by atoms with Crippen LogP contribution in [0.5, 0.6) is 0 Å². The Balaban J connectivity index is 2.52. The van der Waals surface area contributed by atoms with Crippen molar-refractivity contribution in [3.05, 3.63) is 33.8 Å². The lowest BCUT2D eigenvalue weighted by Crippen LogP contribution is -2.37. The summed E-state index contributed by atoms with van der Waals surface area (Å²) >= 11 is 3.33. The number of carbonyl (C=O) groups is 1. The third-order valence-corrected chi connectivity index (χ3v) is 3.18. The molecule has 1 amide bonds. The fraction of sp³-hybridized carbons (Fsp3) is 0.364. The first-order valence-corrected chi connectivity index (χ1v) is 5.70. The standard InChI is InChI=1S/C11H11BrF3NO/c1-7-8(3-2-4-9(7)12)5-6-16-10(17)11(13,14)15/h2-4H,5-6H2,1H3,(H,16,17). The predicted molar refractivity (Wildman–Crippen MR) is 61.6 cm³/mol. The molecule has 1 aromatic carbocycles. The van der Waals surface area contributed by atoms with Crippen LogP contribution >= 0.6 is 15.9 Å². The molecular formula is C11H11BrF3NO. The minimum Gasteiger partial charge on any atom is -0.348 e. The molecule has 17 heavy (non-hydrogen) atoms. The van der Waals surface area contributed by atoms with E-state index in [9.17, 15) is 18.0 Å². The smallest absolute Gasteiger partial charge is 0.348 e. The number of hydrogen-bond acceptors (Lipinski definition) is 1. The number of amides is 1. The number of alkyl halides is 3. The second kappa shape index (κ2) is 5.53. The molecule has 0 spiro atoms. The minimum atomic E-state index is -4.81. The first kappa shape index (κ1) is 14.0. The fourth-order valence-corrected chi connectivity index (χ4v) is 1.74. The molecule has 0 radical (unpaired) electrons. The highest BCUT2D eigenvalue weighted by atomic mass is 79.9. The third kappa shape index (κ3) is 4.03. The predicted octanol–water partition coefficient (Wildman–Crippen LogP) is 2.98. The number of hydrogen-bond donors (Lipinski definition) is 1. The van der Waals surface area contributed by atoms with Gasteiger partial charge in [-0.15, -0.1) is 0 Å². The van der Waals surface area contributed by atoms with Crippen molar-refractivity contribution >= 4 is 21.8 Å². The van der Waals surface area contributed by atoms with E-state index < -0.39 is 12.1 Å². The highest BCUT2D eigenvalue weighted by Gasteiger charge is 2.38. The van der Waals surface area contributed by atoms with Crippen molar-refractivity contribution in [3.8, 4) is 0 Å². The van der Waals surface area contributed by atoms with Gasteiger partial charge in [0.2, 0.25) is 0 Å². The summed E-state index contributed by atoms with van der Waals surface area (Å²) in [5.74, 6) is -1.90. The summed E-state index contributed by atoms with van der Waals surface area (Å²) in [5.41, 5.74) is 1.87. The van der Waals surface area contributed by atoms with Gasteiger partial charge in [0, 0.05) is 11.0 Å². The SMILES string of the molecule is Cc1c(Br)cccc1CCNC(=O)C(F)(F)F.